The fourth-order valence-corrected chi connectivity index (χ4v) is 5.16. The van der Waals surface area contributed by atoms with Crippen LogP contribution in [0.15, 0.2) is 60.3 Å². The second-order valence-electron chi connectivity index (χ2n) is 9.89. The molecule has 0 saturated carbocycles. The van der Waals surface area contributed by atoms with E-state index in [4.69, 9.17) is 27.9 Å². The molecule has 0 aliphatic rings. The van der Waals surface area contributed by atoms with E-state index < -0.39 is 12.0 Å². The minimum atomic E-state index is -0.474. The number of anilines is 1. The summed E-state index contributed by atoms with van der Waals surface area (Å²) in [5, 5.41) is 15.7. The maximum Gasteiger partial charge on any atom is 0.338 e. The summed E-state index contributed by atoms with van der Waals surface area (Å²) in [5.74, 6) is -0.307. The molecule has 0 bridgehead atoms. The van der Waals surface area contributed by atoms with Gasteiger partial charge in [0.2, 0.25) is 5.91 Å². The monoisotopic (exact) mass is 617 g/mol. The van der Waals surface area contributed by atoms with Gasteiger partial charge < -0.3 is 19.9 Å². The lowest BCUT2D eigenvalue weighted by atomic mass is 10.0. The van der Waals surface area contributed by atoms with Crippen molar-refractivity contribution in [1.82, 2.24) is 20.1 Å². The number of benzene rings is 2. The first-order valence-electron chi connectivity index (χ1n) is 13.0. The molecule has 1 atom stereocenters. The van der Waals surface area contributed by atoms with Crippen molar-refractivity contribution in [2.24, 2.45) is 5.92 Å². The number of rotatable bonds is 13. The van der Waals surface area contributed by atoms with Gasteiger partial charge in [0.25, 0.3) is 5.91 Å². The Morgan fingerprint density at radius 1 is 1.10 bits per heavy atom. The molecule has 1 aromatic heterocycles. The number of nitrogens with zero attached hydrogens (tertiary/aromatic N) is 3. The van der Waals surface area contributed by atoms with E-state index in [1.54, 1.807) is 56.3 Å². The Bertz CT molecular complexity index is 1410. The van der Waals surface area contributed by atoms with E-state index in [9.17, 15) is 14.4 Å². The van der Waals surface area contributed by atoms with Gasteiger partial charge >= 0.3 is 5.97 Å². The molecule has 218 valence electrons. The molecule has 12 heteroatoms. The second-order valence-corrected chi connectivity index (χ2v) is 11.7. The highest BCUT2D eigenvalue weighted by Crippen LogP contribution is 2.27. The molecule has 0 spiro atoms. The summed E-state index contributed by atoms with van der Waals surface area (Å²) in [5.41, 5.74) is 1.12. The largest absolute Gasteiger partial charge is 0.459 e. The minimum absolute atomic E-state index is 0.0392. The zero-order chi connectivity index (χ0) is 30.1. The van der Waals surface area contributed by atoms with Crippen LogP contribution in [0.2, 0.25) is 10.0 Å². The number of thioether (sulfide) groups is 1. The first kappa shape index (κ1) is 32.2. The second kappa shape index (κ2) is 15.0. The van der Waals surface area contributed by atoms with E-state index in [0.29, 0.717) is 45.8 Å². The summed E-state index contributed by atoms with van der Waals surface area (Å²) < 4.78 is 7.05. The standard InChI is InChI=1S/C29H33Cl2N5O4S/c1-6-12-36-26(24(13-17(2)3)33-27(38)22-11-10-20(30)15-23(22)31)34-35-29(36)41-16-25(37)32-21-9-7-8-19(14-21)28(39)40-18(4)5/h6-11,14-15,17-18,24H,1,12-13,16H2,2-5H3,(H,32,37)(H,33,38)/t24-/m0/s1. The first-order valence-corrected chi connectivity index (χ1v) is 14.8. The van der Waals surface area contributed by atoms with E-state index in [1.165, 1.54) is 17.8 Å². The van der Waals surface area contributed by atoms with E-state index in [2.05, 4.69) is 27.4 Å². The number of carbonyl (C=O) groups is 3. The van der Waals surface area contributed by atoms with Crippen LogP contribution in [0.3, 0.4) is 0 Å². The van der Waals surface area contributed by atoms with Crippen LogP contribution in [-0.2, 0) is 16.1 Å². The number of amides is 2. The molecular formula is C29H33Cl2N5O4S. The molecule has 1 heterocycles. The van der Waals surface area contributed by atoms with Crippen molar-refractivity contribution in [3.63, 3.8) is 0 Å². The topological polar surface area (TPSA) is 115 Å². The predicted octanol–water partition coefficient (Wildman–Crippen LogP) is 6.58. The molecule has 0 radical (unpaired) electrons. The maximum absolute atomic E-state index is 13.1. The van der Waals surface area contributed by atoms with Gasteiger partial charge in [-0.2, -0.15) is 0 Å². The van der Waals surface area contributed by atoms with Gasteiger partial charge in [0, 0.05) is 17.3 Å². The summed E-state index contributed by atoms with van der Waals surface area (Å²) in [6, 6.07) is 10.8. The van der Waals surface area contributed by atoms with Crippen molar-refractivity contribution >= 4 is 58.4 Å². The zero-order valence-electron chi connectivity index (χ0n) is 23.3. The third-order valence-electron chi connectivity index (χ3n) is 5.61. The van der Waals surface area contributed by atoms with Crippen LogP contribution < -0.4 is 10.6 Å². The number of hydrogen-bond donors (Lipinski definition) is 2. The molecule has 3 rings (SSSR count). The fourth-order valence-electron chi connectivity index (χ4n) is 3.91. The molecule has 0 saturated heterocycles. The van der Waals surface area contributed by atoms with Gasteiger partial charge in [-0.3, -0.25) is 9.59 Å². The van der Waals surface area contributed by atoms with Gasteiger partial charge in [0.15, 0.2) is 11.0 Å². The average Bonchev–Trinajstić information content (AvgIpc) is 3.29. The molecule has 3 aromatic rings. The number of allylic oxidation sites excluding steroid dienone is 1. The van der Waals surface area contributed by atoms with E-state index >= 15 is 0 Å². The number of carbonyl (C=O) groups excluding carboxylic acids is 3. The summed E-state index contributed by atoms with van der Waals surface area (Å²) in [6.45, 7) is 11.8. The van der Waals surface area contributed by atoms with Crippen LogP contribution in [0.4, 0.5) is 5.69 Å². The van der Waals surface area contributed by atoms with Crippen molar-refractivity contribution < 1.29 is 19.1 Å². The third-order valence-corrected chi connectivity index (χ3v) is 7.13. The lowest BCUT2D eigenvalue weighted by Crippen LogP contribution is -2.32. The minimum Gasteiger partial charge on any atom is -0.459 e. The molecule has 9 nitrogen and oxygen atoms in total. The third kappa shape index (κ3) is 9.34. The van der Waals surface area contributed by atoms with Gasteiger partial charge in [-0.25, -0.2) is 4.79 Å². The highest BCUT2D eigenvalue weighted by Gasteiger charge is 2.25. The van der Waals surface area contributed by atoms with Crippen molar-refractivity contribution in [1.29, 1.82) is 0 Å². The molecule has 2 N–H and O–H groups in total. The molecule has 2 aromatic carbocycles. The van der Waals surface area contributed by atoms with Crippen LogP contribution in [0.1, 0.15) is 66.7 Å². The van der Waals surface area contributed by atoms with Gasteiger partial charge in [0.05, 0.1) is 34.0 Å². The number of esters is 1. The molecule has 2 amide bonds. The first-order chi connectivity index (χ1) is 19.5. The van der Waals surface area contributed by atoms with Crippen molar-refractivity contribution in [2.45, 2.75) is 58.0 Å². The normalized spacial score (nSPS) is 11.8. The van der Waals surface area contributed by atoms with Gasteiger partial charge in [-0.15, -0.1) is 16.8 Å². The van der Waals surface area contributed by atoms with Crippen molar-refractivity contribution in [3.05, 3.63) is 82.1 Å². The zero-order valence-corrected chi connectivity index (χ0v) is 25.6. The molecule has 0 fully saturated rings. The van der Waals surface area contributed by atoms with Crippen LogP contribution in [-0.4, -0.2) is 44.4 Å². The average molecular weight is 619 g/mol. The van der Waals surface area contributed by atoms with Gasteiger partial charge in [0.1, 0.15) is 0 Å². The predicted molar refractivity (Wildman–Crippen MR) is 163 cm³/mol. The summed E-state index contributed by atoms with van der Waals surface area (Å²) in [4.78, 5) is 38.1. The smallest absolute Gasteiger partial charge is 0.338 e. The Kier molecular flexibility index (Phi) is 11.8. The Morgan fingerprint density at radius 3 is 2.51 bits per heavy atom. The number of nitrogens with one attached hydrogen (secondary N) is 2. The van der Waals surface area contributed by atoms with Crippen LogP contribution in [0.25, 0.3) is 0 Å². The van der Waals surface area contributed by atoms with Crippen LogP contribution in [0, 0.1) is 5.92 Å². The number of halogens is 2. The van der Waals surface area contributed by atoms with Gasteiger partial charge in [-0.05, 0) is 62.6 Å². The van der Waals surface area contributed by atoms with E-state index in [-0.39, 0.29) is 34.6 Å². The maximum atomic E-state index is 13.1. The fraction of sp³-hybridized carbons (Fsp3) is 0.345. The summed E-state index contributed by atoms with van der Waals surface area (Å²) >= 11 is 13.4. The quantitative estimate of drug-likeness (QED) is 0.126. The Labute approximate surface area is 254 Å². The molecular weight excluding hydrogens is 585 g/mol. The molecule has 0 aliphatic heterocycles. The van der Waals surface area contributed by atoms with Crippen molar-refractivity contribution in [3.8, 4) is 0 Å². The lowest BCUT2D eigenvalue weighted by molar-refractivity contribution is -0.113. The lowest BCUT2D eigenvalue weighted by Gasteiger charge is -2.21. The van der Waals surface area contributed by atoms with E-state index in [1.807, 2.05) is 18.4 Å². The van der Waals surface area contributed by atoms with Gasteiger partial charge in [-0.1, -0.05) is 61.0 Å². The van der Waals surface area contributed by atoms with Crippen molar-refractivity contribution in [2.75, 3.05) is 11.1 Å². The Balaban J connectivity index is 1.75. The van der Waals surface area contributed by atoms with Crippen LogP contribution >= 0.6 is 35.0 Å². The molecule has 0 unspecified atom stereocenters. The Morgan fingerprint density at radius 2 is 1.85 bits per heavy atom. The highest BCUT2D eigenvalue weighted by molar-refractivity contribution is 7.99. The van der Waals surface area contributed by atoms with E-state index in [0.717, 1.165) is 0 Å². The number of aromatic nitrogens is 3. The summed E-state index contributed by atoms with van der Waals surface area (Å²) in [6.07, 6.45) is 2.04. The molecule has 41 heavy (non-hydrogen) atoms. The van der Waals surface area contributed by atoms with Crippen LogP contribution in [0.5, 0.6) is 0 Å². The summed E-state index contributed by atoms with van der Waals surface area (Å²) in [7, 11) is 0. The number of ether oxygens (including phenoxy) is 1. The SMILES string of the molecule is C=CCn1c(SCC(=O)Nc2cccc(C(=O)OC(C)C)c2)nnc1[C@H](CC(C)C)NC(=O)c1ccc(Cl)cc1Cl. The highest BCUT2D eigenvalue weighted by atomic mass is 35.5. The Hall–Kier alpha value is -3.34. The number of hydrogen-bond acceptors (Lipinski definition) is 7. The molecule has 0 aliphatic carbocycles.